The van der Waals surface area contributed by atoms with E-state index in [0.717, 1.165) is 0 Å². The molecule has 0 spiro atoms. The molecule has 0 aromatic carbocycles. The average molecular weight is 524 g/mol. The molecule has 3 aliphatic heterocycles. The van der Waals surface area contributed by atoms with Gasteiger partial charge in [0.1, 0.15) is 40.2 Å². The molecule has 3 atom stereocenters. The van der Waals surface area contributed by atoms with Gasteiger partial charge in [-0.1, -0.05) is 6.92 Å². The lowest BCUT2D eigenvalue weighted by atomic mass is 9.88. The van der Waals surface area contributed by atoms with Crippen LogP contribution in [-0.4, -0.2) is 117 Å². The highest BCUT2D eigenvalue weighted by molar-refractivity contribution is 5.62. The zero-order valence-corrected chi connectivity index (χ0v) is 20.0. The predicted octanol–water partition coefficient (Wildman–Crippen LogP) is 0.961. The zero-order chi connectivity index (χ0) is 25.6. The lowest BCUT2D eigenvalue weighted by Crippen LogP contribution is -2.38. The number of cyclic esters (lactones) is 6. The van der Waals surface area contributed by atoms with Gasteiger partial charge in [0.25, 0.3) is 0 Å². The van der Waals surface area contributed by atoms with Crippen LogP contribution in [0.1, 0.15) is 13.3 Å². The monoisotopic (exact) mass is 524 g/mol. The van der Waals surface area contributed by atoms with Gasteiger partial charge in [-0.2, -0.15) is 0 Å². The van der Waals surface area contributed by atoms with Gasteiger partial charge >= 0.3 is 18.5 Å². The lowest BCUT2D eigenvalue weighted by molar-refractivity contribution is -0.163. The summed E-state index contributed by atoms with van der Waals surface area (Å²) in [7, 11) is 0. The van der Waals surface area contributed by atoms with Crippen molar-refractivity contribution in [3.63, 3.8) is 0 Å². The van der Waals surface area contributed by atoms with Gasteiger partial charge in [0.05, 0.1) is 39.6 Å². The van der Waals surface area contributed by atoms with E-state index in [2.05, 4.69) is 0 Å². The Labute approximate surface area is 207 Å². The summed E-state index contributed by atoms with van der Waals surface area (Å²) < 4.78 is 62.0. The van der Waals surface area contributed by atoms with Crippen molar-refractivity contribution in [2.45, 2.75) is 31.7 Å². The van der Waals surface area contributed by atoms with Crippen LogP contribution in [0.2, 0.25) is 0 Å². The second-order valence-corrected chi connectivity index (χ2v) is 8.27. The van der Waals surface area contributed by atoms with Crippen molar-refractivity contribution in [3.8, 4) is 0 Å². The van der Waals surface area contributed by atoms with Crippen LogP contribution in [0.25, 0.3) is 0 Å². The normalized spacial score (nSPS) is 24.9. The smallest absolute Gasteiger partial charge is 0.430 e. The third-order valence-electron chi connectivity index (χ3n) is 5.34. The van der Waals surface area contributed by atoms with E-state index in [1.807, 2.05) is 6.92 Å². The molecular weight excluding hydrogens is 492 g/mol. The molecule has 0 bridgehead atoms. The summed E-state index contributed by atoms with van der Waals surface area (Å²) in [6.07, 6.45) is -2.92. The molecule has 36 heavy (non-hydrogen) atoms. The van der Waals surface area contributed by atoms with Gasteiger partial charge < -0.3 is 56.8 Å². The Balaban J connectivity index is 1.35. The van der Waals surface area contributed by atoms with Gasteiger partial charge in [0.15, 0.2) is 18.3 Å². The van der Waals surface area contributed by atoms with Crippen LogP contribution in [0.3, 0.4) is 0 Å². The zero-order valence-electron chi connectivity index (χ0n) is 20.0. The standard InChI is InChI=1S/C21H32O15/c1-2-21(9-28-12-25-3-15-6-31-18(22)34-15,10-29-13-26-4-16-7-32-19(23)35-16)11-30-14-27-5-17-8-33-20(24)36-17/h15-17H,2-14H2,1H3. The minimum absolute atomic E-state index is 0.0388. The molecule has 15 nitrogen and oxygen atoms in total. The molecular formula is C21H32O15. The topological polar surface area (TPSA) is 162 Å². The van der Waals surface area contributed by atoms with Crippen molar-refractivity contribution in [1.29, 1.82) is 0 Å². The minimum atomic E-state index is -0.717. The Morgan fingerprint density at radius 1 is 0.611 bits per heavy atom. The van der Waals surface area contributed by atoms with Crippen LogP contribution in [0.5, 0.6) is 0 Å². The van der Waals surface area contributed by atoms with Crippen molar-refractivity contribution in [1.82, 2.24) is 0 Å². The van der Waals surface area contributed by atoms with E-state index in [0.29, 0.717) is 6.42 Å². The Bertz CT molecular complexity index is 612. The molecule has 0 radical (unpaired) electrons. The average Bonchev–Trinajstić information content (AvgIpc) is 3.59. The Kier molecular flexibility index (Phi) is 11.7. The van der Waals surface area contributed by atoms with Crippen LogP contribution in [-0.2, 0) is 56.8 Å². The fourth-order valence-electron chi connectivity index (χ4n) is 3.26. The Morgan fingerprint density at radius 2 is 0.944 bits per heavy atom. The SMILES string of the molecule is CCC(COCOCC1COC(=O)O1)(COCOCC1COC(=O)O1)COCOCC1COC(=O)O1. The van der Waals surface area contributed by atoms with Crippen LogP contribution >= 0.6 is 0 Å². The fourth-order valence-corrected chi connectivity index (χ4v) is 3.26. The number of rotatable bonds is 19. The van der Waals surface area contributed by atoms with Gasteiger partial charge in [0, 0.05) is 5.41 Å². The van der Waals surface area contributed by atoms with E-state index in [1.165, 1.54) is 0 Å². The summed E-state index contributed by atoms with van der Waals surface area (Å²) in [6.45, 7) is 3.37. The molecule has 0 amide bonds. The highest BCUT2D eigenvalue weighted by Gasteiger charge is 2.31. The molecule has 0 aromatic rings. The van der Waals surface area contributed by atoms with E-state index in [-0.39, 0.29) is 79.8 Å². The van der Waals surface area contributed by atoms with Crippen molar-refractivity contribution < 1.29 is 71.2 Å². The van der Waals surface area contributed by atoms with Crippen molar-refractivity contribution in [2.24, 2.45) is 5.41 Å². The third-order valence-corrected chi connectivity index (χ3v) is 5.34. The fraction of sp³-hybridized carbons (Fsp3) is 0.857. The minimum Gasteiger partial charge on any atom is -0.430 e. The first-order chi connectivity index (χ1) is 17.5. The molecule has 3 fully saturated rings. The van der Waals surface area contributed by atoms with Crippen molar-refractivity contribution in [3.05, 3.63) is 0 Å². The summed E-state index contributed by atoms with van der Waals surface area (Å²) in [6, 6.07) is 0. The molecule has 3 rings (SSSR count). The van der Waals surface area contributed by atoms with Crippen LogP contribution in [0.4, 0.5) is 14.4 Å². The highest BCUT2D eigenvalue weighted by atomic mass is 16.8. The maximum Gasteiger partial charge on any atom is 0.508 e. The molecule has 15 heteroatoms. The van der Waals surface area contributed by atoms with Gasteiger partial charge in [-0.05, 0) is 6.42 Å². The van der Waals surface area contributed by atoms with E-state index < -0.39 is 42.2 Å². The highest BCUT2D eigenvalue weighted by Crippen LogP contribution is 2.24. The van der Waals surface area contributed by atoms with E-state index >= 15 is 0 Å². The van der Waals surface area contributed by atoms with Crippen LogP contribution < -0.4 is 0 Å². The van der Waals surface area contributed by atoms with E-state index in [1.54, 1.807) is 0 Å². The maximum atomic E-state index is 10.9. The predicted molar refractivity (Wildman–Crippen MR) is 112 cm³/mol. The molecule has 206 valence electrons. The summed E-state index contributed by atoms with van der Waals surface area (Å²) >= 11 is 0. The Morgan fingerprint density at radius 3 is 1.19 bits per heavy atom. The van der Waals surface area contributed by atoms with Crippen molar-refractivity contribution in [2.75, 3.05) is 79.8 Å². The number of hydrogen-bond donors (Lipinski definition) is 0. The van der Waals surface area contributed by atoms with Gasteiger partial charge in [-0.15, -0.1) is 0 Å². The van der Waals surface area contributed by atoms with Gasteiger partial charge in [-0.3, -0.25) is 0 Å². The third kappa shape index (κ3) is 9.91. The van der Waals surface area contributed by atoms with Gasteiger partial charge in [-0.25, -0.2) is 14.4 Å². The second kappa shape index (κ2) is 15.0. The van der Waals surface area contributed by atoms with E-state index in [4.69, 9.17) is 56.8 Å². The summed E-state index contributed by atoms with van der Waals surface area (Å²) in [5, 5.41) is 0. The quantitative estimate of drug-likeness (QED) is 0.102. The molecule has 0 N–H and O–H groups in total. The molecule has 3 heterocycles. The number of carbonyl (C=O) groups excluding carboxylic acids is 3. The molecule has 3 saturated heterocycles. The largest absolute Gasteiger partial charge is 0.508 e. The van der Waals surface area contributed by atoms with Crippen LogP contribution in [0, 0.1) is 5.41 Å². The first-order valence-corrected chi connectivity index (χ1v) is 11.4. The molecule has 0 aliphatic carbocycles. The molecule has 3 aliphatic rings. The summed E-state index contributed by atoms with van der Waals surface area (Å²) in [5.41, 5.74) is -0.565. The lowest BCUT2D eigenvalue weighted by Gasteiger charge is -2.32. The number of carbonyl (C=O) groups is 3. The first kappa shape index (κ1) is 28.1. The number of hydrogen-bond acceptors (Lipinski definition) is 15. The summed E-state index contributed by atoms with van der Waals surface area (Å²) in [5.74, 6) is 0. The van der Waals surface area contributed by atoms with Crippen LogP contribution in [0.15, 0.2) is 0 Å². The second-order valence-electron chi connectivity index (χ2n) is 8.27. The molecule has 0 aromatic heterocycles. The maximum absolute atomic E-state index is 10.9. The Hall–Kier alpha value is -2.43. The van der Waals surface area contributed by atoms with Crippen molar-refractivity contribution >= 4 is 18.5 Å². The molecule has 0 saturated carbocycles. The summed E-state index contributed by atoms with van der Waals surface area (Å²) in [4.78, 5) is 32.8. The first-order valence-electron chi connectivity index (χ1n) is 11.4. The van der Waals surface area contributed by atoms with E-state index in [9.17, 15) is 14.4 Å². The number of ether oxygens (including phenoxy) is 12. The molecule has 3 unspecified atom stereocenters. The van der Waals surface area contributed by atoms with Gasteiger partial charge in [0.2, 0.25) is 0 Å².